The van der Waals surface area contributed by atoms with E-state index in [1.54, 1.807) is 0 Å². The van der Waals surface area contributed by atoms with Gasteiger partial charge in [0, 0.05) is 26.7 Å². The van der Waals surface area contributed by atoms with Crippen LogP contribution >= 0.6 is 0 Å². The molecule has 23 heavy (non-hydrogen) atoms. The summed E-state index contributed by atoms with van der Waals surface area (Å²) in [5.74, 6) is 0.350. The fourth-order valence-corrected chi connectivity index (χ4v) is 3.28. The van der Waals surface area contributed by atoms with Gasteiger partial charge in [-0.3, -0.25) is 0 Å². The molecule has 1 aromatic carbocycles. The van der Waals surface area contributed by atoms with Crippen molar-refractivity contribution in [2.45, 2.75) is 39.4 Å². The van der Waals surface area contributed by atoms with Gasteiger partial charge in [0.2, 0.25) is 5.58 Å². The highest BCUT2D eigenvalue weighted by molar-refractivity contribution is 5.91. The summed E-state index contributed by atoms with van der Waals surface area (Å²) in [7, 11) is 1.94. The fraction of sp³-hybridized carbons (Fsp3) is 0.588. The van der Waals surface area contributed by atoms with Crippen LogP contribution in [0.4, 0.5) is 15.9 Å². The zero-order valence-electron chi connectivity index (χ0n) is 14.2. The van der Waals surface area contributed by atoms with Crippen LogP contribution in [0.2, 0.25) is 0 Å². The molecular formula is C17H24FN3O2. The zero-order chi connectivity index (χ0) is 16.6. The lowest BCUT2D eigenvalue weighted by molar-refractivity contribution is -0.00538. The summed E-state index contributed by atoms with van der Waals surface area (Å²) in [6, 6.07) is 3.72. The first-order chi connectivity index (χ1) is 11.0. The van der Waals surface area contributed by atoms with E-state index < -0.39 is 0 Å². The number of rotatable bonds is 4. The lowest BCUT2D eigenvalue weighted by Crippen LogP contribution is -2.45. The average Bonchev–Trinajstić information content (AvgIpc) is 2.91. The number of hydrogen-bond acceptors (Lipinski definition) is 5. The van der Waals surface area contributed by atoms with Crippen LogP contribution in [0.5, 0.6) is 0 Å². The van der Waals surface area contributed by atoms with Crippen molar-refractivity contribution >= 4 is 22.5 Å². The van der Waals surface area contributed by atoms with Gasteiger partial charge in [-0.2, -0.15) is 0 Å². The minimum atomic E-state index is -0.340. The molecule has 1 saturated heterocycles. The van der Waals surface area contributed by atoms with Crippen molar-refractivity contribution in [2.75, 3.05) is 36.5 Å². The predicted molar refractivity (Wildman–Crippen MR) is 89.8 cm³/mol. The molecule has 1 aromatic heterocycles. The largest absolute Gasteiger partial charge is 0.372 e. The molecule has 0 amide bonds. The molecule has 2 heterocycles. The van der Waals surface area contributed by atoms with Crippen LogP contribution in [-0.4, -0.2) is 44.0 Å². The average molecular weight is 321 g/mol. The zero-order valence-corrected chi connectivity index (χ0v) is 14.2. The summed E-state index contributed by atoms with van der Waals surface area (Å²) in [6.07, 6.45) is 1.15. The number of anilines is 2. The molecular weight excluding hydrogens is 297 g/mol. The topological polar surface area (TPSA) is 41.7 Å². The Labute approximate surface area is 136 Å². The van der Waals surface area contributed by atoms with E-state index in [0.29, 0.717) is 24.6 Å². The summed E-state index contributed by atoms with van der Waals surface area (Å²) in [5.41, 5.74) is 0.785. The van der Waals surface area contributed by atoms with E-state index >= 15 is 0 Å². The maximum Gasteiger partial charge on any atom is 0.206 e. The Morgan fingerprint density at radius 3 is 2.65 bits per heavy atom. The van der Waals surface area contributed by atoms with Crippen molar-refractivity contribution in [3.63, 3.8) is 0 Å². The van der Waals surface area contributed by atoms with Crippen molar-refractivity contribution in [3.05, 3.63) is 17.9 Å². The van der Waals surface area contributed by atoms with Gasteiger partial charge in [-0.1, -0.05) is 12.1 Å². The number of benzene rings is 1. The van der Waals surface area contributed by atoms with Gasteiger partial charge in [0.05, 0.1) is 23.3 Å². The molecule has 126 valence electrons. The minimum Gasteiger partial charge on any atom is -0.372 e. The Hall–Kier alpha value is -1.82. The highest BCUT2D eigenvalue weighted by Crippen LogP contribution is 2.33. The standard InChI is InChI=1S/C17H24FN3O2/c1-5-8-20(4)17-13-6-7-14(15(18)16(13)23-19-17)21-9-11(2)22-12(3)10-21/h6-7,11-12H,5,8-10H2,1-4H3/t11-,12+. The summed E-state index contributed by atoms with van der Waals surface area (Å²) in [6.45, 7) is 8.30. The Kier molecular flexibility index (Phi) is 4.43. The number of nitrogens with zero attached hydrogens (tertiary/aromatic N) is 3. The lowest BCUT2D eigenvalue weighted by Gasteiger charge is -2.36. The minimum absolute atomic E-state index is 0.0785. The van der Waals surface area contributed by atoms with E-state index in [2.05, 4.69) is 12.1 Å². The van der Waals surface area contributed by atoms with Gasteiger partial charge in [-0.15, -0.1) is 0 Å². The molecule has 3 rings (SSSR count). The van der Waals surface area contributed by atoms with Crippen molar-refractivity contribution in [1.82, 2.24) is 5.16 Å². The smallest absolute Gasteiger partial charge is 0.206 e. The fourth-order valence-electron chi connectivity index (χ4n) is 3.28. The molecule has 0 spiro atoms. The van der Waals surface area contributed by atoms with Crippen LogP contribution in [-0.2, 0) is 4.74 Å². The van der Waals surface area contributed by atoms with Gasteiger partial charge in [-0.05, 0) is 32.4 Å². The first kappa shape index (κ1) is 16.1. The number of fused-ring (bicyclic) bond motifs is 1. The highest BCUT2D eigenvalue weighted by atomic mass is 19.1. The van der Waals surface area contributed by atoms with Gasteiger partial charge in [0.25, 0.3) is 0 Å². The van der Waals surface area contributed by atoms with Crippen LogP contribution in [0.15, 0.2) is 16.7 Å². The Balaban J connectivity index is 1.96. The third-order valence-electron chi connectivity index (χ3n) is 4.22. The number of aromatic nitrogens is 1. The van der Waals surface area contributed by atoms with Crippen LogP contribution in [0.1, 0.15) is 27.2 Å². The quantitative estimate of drug-likeness (QED) is 0.863. The van der Waals surface area contributed by atoms with Gasteiger partial charge >= 0.3 is 0 Å². The molecule has 1 aliphatic heterocycles. The van der Waals surface area contributed by atoms with Gasteiger partial charge in [-0.25, -0.2) is 4.39 Å². The van der Waals surface area contributed by atoms with E-state index in [-0.39, 0.29) is 23.6 Å². The molecule has 0 aliphatic carbocycles. The number of halogens is 1. The number of hydrogen-bond donors (Lipinski definition) is 0. The molecule has 2 atom stereocenters. The summed E-state index contributed by atoms with van der Waals surface area (Å²) in [4.78, 5) is 4.01. The SMILES string of the molecule is CCCN(C)c1noc2c(F)c(N3C[C@@H](C)O[C@@H](C)C3)ccc12. The van der Waals surface area contributed by atoms with E-state index in [0.717, 1.165) is 18.4 Å². The molecule has 6 heteroatoms. The third kappa shape index (κ3) is 3.00. The molecule has 2 aromatic rings. The summed E-state index contributed by atoms with van der Waals surface area (Å²) < 4.78 is 26.0. The number of morpholine rings is 1. The van der Waals surface area contributed by atoms with Crippen LogP contribution in [0.3, 0.4) is 0 Å². The molecule has 0 radical (unpaired) electrons. The molecule has 0 saturated carbocycles. The molecule has 0 N–H and O–H groups in total. The van der Waals surface area contributed by atoms with Crippen molar-refractivity contribution < 1.29 is 13.7 Å². The molecule has 5 nitrogen and oxygen atoms in total. The van der Waals surface area contributed by atoms with Crippen molar-refractivity contribution in [3.8, 4) is 0 Å². The Morgan fingerprint density at radius 2 is 2.00 bits per heavy atom. The first-order valence-corrected chi connectivity index (χ1v) is 8.20. The normalized spacial score (nSPS) is 21.9. The second-order valence-corrected chi connectivity index (χ2v) is 6.37. The molecule has 0 unspecified atom stereocenters. The predicted octanol–water partition coefficient (Wildman–Crippen LogP) is 3.43. The molecule has 1 fully saturated rings. The van der Waals surface area contributed by atoms with Crippen LogP contribution < -0.4 is 9.80 Å². The van der Waals surface area contributed by atoms with Gasteiger partial charge in [0.15, 0.2) is 11.6 Å². The van der Waals surface area contributed by atoms with Crippen LogP contribution in [0.25, 0.3) is 11.0 Å². The first-order valence-electron chi connectivity index (χ1n) is 8.20. The summed E-state index contributed by atoms with van der Waals surface area (Å²) >= 11 is 0. The van der Waals surface area contributed by atoms with E-state index in [9.17, 15) is 4.39 Å². The highest BCUT2D eigenvalue weighted by Gasteiger charge is 2.26. The molecule has 1 aliphatic rings. The van der Waals surface area contributed by atoms with E-state index in [1.165, 1.54) is 0 Å². The maximum atomic E-state index is 14.9. The lowest BCUT2D eigenvalue weighted by atomic mass is 10.1. The third-order valence-corrected chi connectivity index (χ3v) is 4.22. The van der Waals surface area contributed by atoms with E-state index in [4.69, 9.17) is 9.26 Å². The summed E-state index contributed by atoms with van der Waals surface area (Å²) in [5, 5.41) is 4.78. The molecule has 0 bridgehead atoms. The van der Waals surface area contributed by atoms with E-state index in [1.807, 2.05) is 42.8 Å². The Bertz CT molecular complexity index is 678. The van der Waals surface area contributed by atoms with Crippen molar-refractivity contribution in [2.24, 2.45) is 0 Å². The van der Waals surface area contributed by atoms with Gasteiger partial charge < -0.3 is 19.1 Å². The van der Waals surface area contributed by atoms with Gasteiger partial charge in [0.1, 0.15) is 0 Å². The Morgan fingerprint density at radius 1 is 1.30 bits per heavy atom. The second-order valence-electron chi connectivity index (χ2n) is 6.37. The van der Waals surface area contributed by atoms with Crippen molar-refractivity contribution in [1.29, 1.82) is 0 Å². The van der Waals surface area contributed by atoms with Crippen LogP contribution in [0, 0.1) is 5.82 Å². The monoisotopic (exact) mass is 321 g/mol. The number of ether oxygens (including phenoxy) is 1. The second kappa shape index (κ2) is 6.35. The maximum absolute atomic E-state index is 14.9.